The molecular formula is C39H72O10. The van der Waals surface area contributed by atoms with Crippen LogP contribution in [0.5, 0.6) is 0 Å². The Labute approximate surface area is 297 Å². The first-order chi connectivity index (χ1) is 23.8. The van der Waals surface area contributed by atoms with E-state index < -0.39 is 49.4 Å². The quantitative estimate of drug-likeness (QED) is 0.0322. The van der Waals surface area contributed by atoms with E-state index in [1.54, 1.807) is 0 Å². The molecule has 1 rings (SSSR count). The second-order valence-corrected chi connectivity index (χ2v) is 13.7. The minimum Gasteiger partial charge on any atom is -0.462 e. The third kappa shape index (κ3) is 23.5. The second kappa shape index (κ2) is 31.2. The fraction of sp³-hybridized carbons (Fsp3) is 0.897. The summed E-state index contributed by atoms with van der Waals surface area (Å²) in [6.07, 6.45) is 22.3. The molecule has 0 aromatic carbocycles. The van der Waals surface area contributed by atoms with E-state index in [-0.39, 0.29) is 32.0 Å². The molecule has 0 aromatic heterocycles. The van der Waals surface area contributed by atoms with E-state index in [0.717, 1.165) is 51.4 Å². The zero-order valence-corrected chi connectivity index (χ0v) is 30.9. The monoisotopic (exact) mass is 701 g/mol. The number of hydrogen-bond donors (Lipinski definition) is 4. The lowest BCUT2D eigenvalue weighted by molar-refractivity contribution is -0.305. The molecule has 49 heavy (non-hydrogen) atoms. The summed E-state index contributed by atoms with van der Waals surface area (Å²) in [6, 6.07) is 0. The van der Waals surface area contributed by atoms with Gasteiger partial charge in [-0.3, -0.25) is 9.59 Å². The van der Waals surface area contributed by atoms with Crippen molar-refractivity contribution in [2.75, 3.05) is 19.8 Å². The number of ether oxygens (including phenoxy) is 4. The molecule has 0 radical (unpaired) electrons. The highest BCUT2D eigenvalue weighted by atomic mass is 16.7. The van der Waals surface area contributed by atoms with Crippen molar-refractivity contribution in [3.8, 4) is 0 Å². The Balaban J connectivity index is 2.38. The summed E-state index contributed by atoms with van der Waals surface area (Å²) in [7, 11) is 0. The van der Waals surface area contributed by atoms with Gasteiger partial charge in [-0.1, -0.05) is 129 Å². The van der Waals surface area contributed by atoms with Gasteiger partial charge in [0.05, 0.1) is 13.2 Å². The molecule has 0 aromatic rings. The predicted molar refractivity (Wildman–Crippen MR) is 192 cm³/mol. The van der Waals surface area contributed by atoms with Gasteiger partial charge in [0.2, 0.25) is 0 Å². The summed E-state index contributed by atoms with van der Waals surface area (Å²) in [5, 5.41) is 39.9. The van der Waals surface area contributed by atoms with Crippen molar-refractivity contribution < 1.29 is 49.0 Å². The van der Waals surface area contributed by atoms with E-state index in [1.165, 1.54) is 83.5 Å². The third-order valence-electron chi connectivity index (χ3n) is 9.15. The SMILES string of the molecule is CCCCCCCC/C=C\CCCCCCCC(=O)OC(COC(=O)CCCCCCCCCCC)COC1OC(CO)C(O)C(O)C1O. The molecule has 1 fully saturated rings. The molecule has 0 saturated carbocycles. The molecule has 1 saturated heterocycles. The standard InChI is InChI=1S/C39H72O10/c1-3-5-7-9-11-13-14-15-16-17-18-20-22-24-26-28-35(42)48-32(31-47-39-38(45)37(44)36(43)33(29-40)49-39)30-46-34(41)27-25-23-21-19-12-10-8-6-4-2/h15-16,32-33,36-40,43-45H,3-14,17-31H2,1-2H3/b16-15-. The highest BCUT2D eigenvalue weighted by Crippen LogP contribution is 2.22. The van der Waals surface area contributed by atoms with Crippen LogP contribution in [-0.2, 0) is 28.5 Å². The Morgan fingerprint density at radius 1 is 0.612 bits per heavy atom. The van der Waals surface area contributed by atoms with Crippen LogP contribution in [0, 0.1) is 0 Å². The molecule has 6 atom stereocenters. The first kappa shape index (κ1) is 45.5. The molecular weight excluding hydrogens is 628 g/mol. The summed E-state index contributed by atoms with van der Waals surface area (Å²) in [5.74, 6) is -0.816. The first-order valence-corrected chi connectivity index (χ1v) is 19.8. The van der Waals surface area contributed by atoms with Crippen LogP contribution in [0.3, 0.4) is 0 Å². The third-order valence-corrected chi connectivity index (χ3v) is 9.15. The average molecular weight is 701 g/mol. The van der Waals surface area contributed by atoms with E-state index in [2.05, 4.69) is 26.0 Å². The first-order valence-electron chi connectivity index (χ1n) is 19.8. The summed E-state index contributed by atoms with van der Waals surface area (Å²) in [6.45, 7) is 3.37. The highest BCUT2D eigenvalue weighted by molar-refractivity contribution is 5.70. The van der Waals surface area contributed by atoms with Gasteiger partial charge < -0.3 is 39.4 Å². The molecule has 1 aliphatic rings. The van der Waals surface area contributed by atoms with Gasteiger partial charge in [-0.15, -0.1) is 0 Å². The molecule has 10 nitrogen and oxygen atoms in total. The number of esters is 2. The van der Waals surface area contributed by atoms with Crippen molar-refractivity contribution in [1.82, 2.24) is 0 Å². The van der Waals surface area contributed by atoms with Crippen LogP contribution in [0.25, 0.3) is 0 Å². The summed E-state index contributed by atoms with van der Waals surface area (Å²) in [5.41, 5.74) is 0. The Hall–Kier alpha value is -1.56. The van der Waals surface area contributed by atoms with Crippen LogP contribution < -0.4 is 0 Å². The number of rotatable bonds is 32. The maximum atomic E-state index is 12.7. The maximum Gasteiger partial charge on any atom is 0.306 e. The van der Waals surface area contributed by atoms with Crippen LogP contribution >= 0.6 is 0 Å². The molecule has 6 unspecified atom stereocenters. The average Bonchev–Trinajstić information content (AvgIpc) is 3.10. The lowest BCUT2D eigenvalue weighted by atomic mass is 9.99. The van der Waals surface area contributed by atoms with Crippen molar-refractivity contribution in [3.05, 3.63) is 12.2 Å². The van der Waals surface area contributed by atoms with E-state index >= 15 is 0 Å². The Morgan fingerprint density at radius 2 is 1.08 bits per heavy atom. The molecule has 288 valence electrons. The van der Waals surface area contributed by atoms with Crippen molar-refractivity contribution >= 4 is 11.9 Å². The van der Waals surface area contributed by atoms with Crippen molar-refractivity contribution in [3.63, 3.8) is 0 Å². The van der Waals surface area contributed by atoms with Crippen LogP contribution in [0.15, 0.2) is 12.2 Å². The number of carbonyl (C=O) groups excluding carboxylic acids is 2. The molecule has 1 heterocycles. The number of allylic oxidation sites excluding steroid dienone is 2. The number of aliphatic hydroxyl groups excluding tert-OH is 4. The maximum absolute atomic E-state index is 12.7. The van der Waals surface area contributed by atoms with Crippen LogP contribution in [0.1, 0.15) is 168 Å². The lowest BCUT2D eigenvalue weighted by Gasteiger charge is -2.39. The fourth-order valence-corrected chi connectivity index (χ4v) is 5.95. The fourth-order valence-electron chi connectivity index (χ4n) is 5.95. The van der Waals surface area contributed by atoms with Crippen LogP contribution in [0.2, 0.25) is 0 Å². The van der Waals surface area contributed by atoms with E-state index in [1.807, 2.05) is 0 Å². The molecule has 0 aliphatic carbocycles. The molecule has 0 spiro atoms. The van der Waals surface area contributed by atoms with Gasteiger partial charge in [0.1, 0.15) is 31.0 Å². The Bertz CT molecular complexity index is 820. The van der Waals surface area contributed by atoms with Gasteiger partial charge in [-0.2, -0.15) is 0 Å². The zero-order chi connectivity index (χ0) is 36.0. The largest absolute Gasteiger partial charge is 0.462 e. The van der Waals surface area contributed by atoms with E-state index in [4.69, 9.17) is 18.9 Å². The minimum absolute atomic E-state index is 0.216. The minimum atomic E-state index is -1.59. The molecule has 4 N–H and O–H groups in total. The molecule has 10 heteroatoms. The van der Waals surface area contributed by atoms with Gasteiger partial charge in [0.25, 0.3) is 0 Å². The van der Waals surface area contributed by atoms with Gasteiger partial charge >= 0.3 is 11.9 Å². The number of hydrogen-bond acceptors (Lipinski definition) is 10. The molecule has 1 aliphatic heterocycles. The van der Waals surface area contributed by atoms with Gasteiger partial charge in [0.15, 0.2) is 12.4 Å². The summed E-state index contributed by atoms with van der Waals surface area (Å²) in [4.78, 5) is 25.1. The molecule has 0 bridgehead atoms. The number of aliphatic hydroxyl groups is 4. The smallest absolute Gasteiger partial charge is 0.306 e. The zero-order valence-electron chi connectivity index (χ0n) is 30.9. The summed E-state index contributed by atoms with van der Waals surface area (Å²) >= 11 is 0. The Morgan fingerprint density at radius 3 is 1.59 bits per heavy atom. The lowest BCUT2D eigenvalue weighted by Crippen LogP contribution is -2.59. The van der Waals surface area contributed by atoms with Crippen LogP contribution in [0.4, 0.5) is 0 Å². The van der Waals surface area contributed by atoms with Crippen molar-refractivity contribution in [2.24, 2.45) is 0 Å². The predicted octanol–water partition coefficient (Wildman–Crippen LogP) is 7.22. The van der Waals surface area contributed by atoms with Crippen molar-refractivity contribution in [2.45, 2.75) is 205 Å². The van der Waals surface area contributed by atoms with Gasteiger partial charge in [-0.25, -0.2) is 0 Å². The van der Waals surface area contributed by atoms with E-state index in [0.29, 0.717) is 6.42 Å². The summed E-state index contributed by atoms with van der Waals surface area (Å²) < 4.78 is 22.0. The number of carbonyl (C=O) groups is 2. The number of unbranched alkanes of at least 4 members (excludes halogenated alkanes) is 19. The van der Waals surface area contributed by atoms with E-state index in [9.17, 15) is 30.0 Å². The topological polar surface area (TPSA) is 152 Å². The molecule has 0 amide bonds. The second-order valence-electron chi connectivity index (χ2n) is 13.7. The Kier molecular flexibility index (Phi) is 28.9. The van der Waals surface area contributed by atoms with Gasteiger partial charge in [-0.05, 0) is 38.5 Å². The van der Waals surface area contributed by atoms with Crippen molar-refractivity contribution in [1.29, 1.82) is 0 Å². The van der Waals surface area contributed by atoms with Gasteiger partial charge in [0, 0.05) is 12.8 Å². The highest BCUT2D eigenvalue weighted by Gasteiger charge is 2.44. The normalized spacial score (nSPS) is 21.6. The van der Waals surface area contributed by atoms with Crippen LogP contribution in [-0.4, -0.2) is 89.0 Å².